The van der Waals surface area contributed by atoms with Crippen molar-refractivity contribution in [3.8, 4) is 17.3 Å². The van der Waals surface area contributed by atoms with Crippen LogP contribution in [0.5, 0.6) is 5.75 Å². The Balaban J connectivity index is 1.22. The Kier molecular flexibility index (Phi) is 5.17. The summed E-state index contributed by atoms with van der Waals surface area (Å²) in [4.78, 5) is 16.4. The van der Waals surface area contributed by atoms with Crippen molar-refractivity contribution in [3.63, 3.8) is 0 Å². The lowest BCUT2D eigenvalue weighted by atomic mass is 10.3. The van der Waals surface area contributed by atoms with Crippen LogP contribution in [0.1, 0.15) is 0 Å². The normalized spacial score (nSPS) is 14.2. The van der Waals surface area contributed by atoms with E-state index in [0.29, 0.717) is 54.2 Å². The Morgan fingerprint density at radius 3 is 2.58 bits per heavy atom. The molecule has 1 aliphatic heterocycles. The van der Waals surface area contributed by atoms with E-state index >= 15 is 0 Å². The van der Waals surface area contributed by atoms with Gasteiger partial charge in [0, 0.05) is 31.2 Å². The van der Waals surface area contributed by atoms with Crippen LogP contribution in [0.3, 0.4) is 0 Å². The molecule has 0 aliphatic carbocycles. The first-order chi connectivity index (χ1) is 15.2. The molecule has 1 fully saturated rings. The molecule has 3 aromatic heterocycles. The highest BCUT2D eigenvalue weighted by molar-refractivity contribution is 6.30. The highest BCUT2D eigenvalue weighted by Gasteiger charge is 2.23. The number of benzene rings is 1. The zero-order valence-corrected chi connectivity index (χ0v) is 17.3. The Morgan fingerprint density at radius 2 is 1.84 bits per heavy atom. The summed E-state index contributed by atoms with van der Waals surface area (Å²) in [6.45, 7) is 2.53. The number of furan rings is 1. The molecular weight excluding hydrogens is 420 g/mol. The van der Waals surface area contributed by atoms with Crippen LogP contribution in [0.4, 0.5) is 5.82 Å². The number of hydrogen-bond acceptors (Lipinski definition) is 7. The lowest BCUT2D eigenvalue weighted by Gasteiger charge is -2.35. The quantitative estimate of drug-likeness (QED) is 0.473. The van der Waals surface area contributed by atoms with Crippen molar-refractivity contribution in [2.24, 2.45) is 0 Å². The van der Waals surface area contributed by atoms with Crippen LogP contribution in [0.2, 0.25) is 5.02 Å². The fourth-order valence-corrected chi connectivity index (χ4v) is 3.59. The molecule has 0 radical (unpaired) electrons. The van der Waals surface area contributed by atoms with E-state index < -0.39 is 0 Å². The Morgan fingerprint density at radius 1 is 1.03 bits per heavy atom. The number of carbonyl (C=O) groups is 1. The molecule has 10 heteroatoms. The van der Waals surface area contributed by atoms with E-state index in [9.17, 15) is 4.79 Å². The van der Waals surface area contributed by atoms with E-state index in [2.05, 4.69) is 20.2 Å². The molecule has 9 nitrogen and oxygen atoms in total. The minimum atomic E-state index is -0.0445. The second-order valence-corrected chi connectivity index (χ2v) is 7.51. The van der Waals surface area contributed by atoms with Crippen LogP contribution in [0.15, 0.2) is 59.2 Å². The lowest BCUT2D eigenvalue weighted by Crippen LogP contribution is -2.50. The van der Waals surface area contributed by atoms with Gasteiger partial charge in [0.15, 0.2) is 18.0 Å². The molecule has 0 atom stereocenters. The third-order valence-corrected chi connectivity index (χ3v) is 5.37. The molecule has 0 spiro atoms. The summed E-state index contributed by atoms with van der Waals surface area (Å²) in [6.07, 6.45) is 1.59. The summed E-state index contributed by atoms with van der Waals surface area (Å²) in [7, 11) is 0. The maximum absolute atomic E-state index is 12.5. The van der Waals surface area contributed by atoms with E-state index in [4.69, 9.17) is 20.8 Å². The highest BCUT2D eigenvalue weighted by Crippen LogP contribution is 2.21. The van der Waals surface area contributed by atoms with E-state index in [1.807, 2.05) is 18.2 Å². The Labute approximate surface area is 182 Å². The smallest absolute Gasteiger partial charge is 0.260 e. The maximum Gasteiger partial charge on any atom is 0.260 e. The van der Waals surface area contributed by atoms with Crippen LogP contribution in [-0.2, 0) is 4.79 Å². The second-order valence-electron chi connectivity index (χ2n) is 7.07. The number of halogens is 1. The molecule has 4 heterocycles. The molecule has 5 rings (SSSR count). The van der Waals surface area contributed by atoms with Gasteiger partial charge in [-0.15, -0.1) is 15.3 Å². The van der Waals surface area contributed by atoms with E-state index in [1.54, 1.807) is 46.0 Å². The third-order valence-electron chi connectivity index (χ3n) is 5.12. The van der Waals surface area contributed by atoms with Gasteiger partial charge in [-0.1, -0.05) is 11.6 Å². The average molecular weight is 439 g/mol. The predicted octanol–water partition coefficient (Wildman–Crippen LogP) is 2.77. The lowest BCUT2D eigenvalue weighted by molar-refractivity contribution is -0.133. The van der Waals surface area contributed by atoms with Crippen molar-refractivity contribution in [2.45, 2.75) is 0 Å². The zero-order chi connectivity index (χ0) is 21.2. The van der Waals surface area contributed by atoms with Crippen molar-refractivity contribution in [2.75, 3.05) is 37.7 Å². The first-order valence-corrected chi connectivity index (χ1v) is 10.2. The van der Waals surface area contributed by atoms with E-state index in [-0.39, 0.29) is 12.5 Å². The molecule has 0 saturated carbocycles. The number of fused-ring (bicyclic) bond motifs is 1. The molecule has 1 amide bonds. The number of aromatic nitrogens is 4. The number of ether oxygens (including phenoxy) is 1. The molecular formula is C21H19ClN6O3. The fraction of sp³-hybridized carbons (Fsp3) is 0.238. The van der Waals surface area contributed by atoms with E-state index in [0.717, 1.165) is 5.82 Å². The molecule has 1 aromatic carbocycles. The summed E-state index contributed by atoms with van der Waals surface area (Å²) < 4.78 is 12.7. The number of rotatable bonds is 5. The summed E-state index contributed by atoms with van der Waals surface area (Å²) in [6, 6.07) is 14.4. The molecule has 0 unspecified atom stereocenters. The van der Waals surface area contributed by atoms with Crippen molar-refractivity contribution in [1.82, 2.24) is 24.7 Å². The van der Waals surface area contributed by atoms with Gasteiger partial charge in [0.05, 0.1) is 6.26 Å². The van der Waals surface area contributed by atoms with Gasteiger partial charge in [-0.2, -0.15) is 4.52 Å². The van der Waals surface area contributed by atoms with Gasteiger partial charge >= 0.3 is 0 Å². The number of nitrogens with zero attached hydrogens (tertiary/aromatic N) is 6. The molecule has 0 N–H and O–H groups in total. The van der Waals surface area contributed by atoms with Gasteiger partial charge in [0.2, 0.25) is 5.82 Å². The summed E-state index contributed by atoms with van der Waals surface area (Å²) in [5.41, 5.74) is 0.642. The largest absolute Gasteiger partial charge is 0.484 e. The Bertz CT molecular complexity index is 1180. The fourth-order valence-electron chi connectivity index (χ4n) is 3.46. The molecule has 1 aliphatic rings. The first-order valence-electron chi connectivity index (χ1n) is 9.85. The predicted molar refractivity (Wildman–Crippen MR) is 114 cm³/mol. The average Bonchev–Trinajstić information content (AvgIpc) is 3.48. The van der Waals surface area contributed by atoms with Gasteiger partial charge < -0.3 is 19.0 Å². The molecule has 1 saturated heterocycles. The van der Waals surface area contributed by atoms with E-state index in [1.165, 1.54) is 0 Å². The van der Waals surface area contributed by atoms with Gasteiger partial charge in [-0.3, -0.25) is 4.79 Å². The second kappa shape index (κ2) is 8.27. The van der Waals surface area contributed by atoms with Crippen molar-refractivity contribution < 1.29 is 13.9 Å². The van der Waals surface area contributed by atoms with Gasteiger partial charge in [0.25, 0.3) is 5.91 Å². The van der Waals surface area contributed by atoms with Crippen LogP contribution in [0, 0.1) is 0 Å². The highest BCUT2D eigenvalue weighted by atomic mass is 35.5. The third kappa shape index (κ3) is 4.04. The van der Waals surface area contributed by atoms with Gasteiger partial charge in [-0.05, 0) is 48.5 Å². The van der Waals surface area contributed by atoms with Crippen LogP contribution in [0.25, 0.3) is 17.2 Å². The minimum Gasteiger partial charge on any atom is -0.484 e. The standard InChI is InChI=1S/C21H19ClN6O3/c22-15-3-5-16(6-4-15)31-14-20(29)27-11-9-26(10-12-27)19-8-7-18-23-24-21(28(18)25-19)17-2-1-13-30-17/h1-8,13H,9-12,14H2. The van der Waals surface area contributed by atoms with Crippen molar-refractivity contribution >= 4 is 29.0 Å². The minimum absolute atomic E-state index is 0.000938. The summed E-state index contributed by atoms with van der Waals surface area (Å²) in [5, 5.41) is 13.6. The van der Waals surface area contributed by atoms with Crippen LogP contribution >= 0.6 is 11.6 Å². The van der Waals surface area contributed by atoms with Crippen LogP contribution < -0.4 is 9.64 Å². The van der Waals surface area contributed by atoms with Gasteiger partial charge in [0.1, 0.15) is 11.6 Å². The SMILES string of the molecule is O=C(COc1ccc(Cl)cc1)N1CCN(c2ccc3nnc(-c4ccco4)n3n2)CC1. The maximum atomic E-state index is 12.5. The topological polar surface area (TPSA) is 89.0 Å². The first kappa shape index (κ1) is 19.4. The molecule has 0 bridgehead atoms. The zero-order valence-electron chi connectivity index (χ0n) is 16.5. The monoisotopic (exact) mass is 438 g/mol. The molecule has 4 aromatic rings. The molecule has 31 heavy (non-hydrogen) atoms. The number of piperazine rings is 1. The van der Waals surface area contributed by atoms with Gasteiger partial charge in [-0.25, -0.2) is 0 Å². The molecule has 158 valence electrons. The number of carbonyl (C=O) groups excluding carboxylic acids is 1. The number of anilines is 1. The summed E-state index contributed by atoms with van der Waals surface area (Å²) >= 11 is 5.87. The number of hydrogen-bond donors (Lipinski definition) is 0. The Hall–Kier alpha value is -3.59. The number of amides is 1. The summed E-state index contributed by atoms with van der Waals surface area (Å²) in [5.74, 6) is 2.53. The van der Waals surface area contributed by atoms with Crippen molar-refractivity contribution in [1.29, 1.82) is 0 Å². The van der Waals surface area contributed by atoms with Crippen molar-refractivity contribution in [3.05, 3.63) is 59.8 Å². The van der Waals surface area contributed by atoms with Crippen LogP contribution in [-0.4, -0.2) is 63.4 Å².